The largest absolute Gasteiger partial charge is 0.488 e. The summed E-state index contributed by atoms with van der Waals surface area (Å²) in [5.74, 6) is 0.190. The van der Waals surface area contributed by atoms with Crippen LogP contribution in [0.1, 0.15) is 18.4 Å². The van der Waals surface area contributed by atoms with Crippen molar-refractivity contribution >= 4 is 11.6 Å². The van der Waals surface area contributed by atoms with Crippen LogP contribution in [0, 0.1) is 5.82 Å². The number of hydrogen-bond acceptors (Lipinski definition) is 2. The highest BCUT2D eigenvalue weighted by molar-refractivity contribution is 6.29. The summed E-state index contributed by atoms with van der Waals surface area (Å²) >= 11 is 5.59. The van der Waals surface area contributed by atoms with E-state index in [1.165, 1.54) is 25.0 Å². The first-order valence-corrected chi connectivity index (χ1v) is 6.00. The van der Waals surface area contributed by atoms with Gasteiger partial charge in [0, 0.05) is 23.7 Å². The van der Waals surface area contributed by atoms with E-state index in [0.29, 0.717) is 23.4 Å². The van der Waals surface area contributed by atoms with Crippen molar-refractivity contribution in [1.29, 1.82) is 0 Å². The number of hydrogen-bond donors (Lipinski definition) is 1. The third-order valence-corrected chi connectivity index (χ3v) is 2.61. The second kappa shape index (κ2) is 5.52. The molecule has 1 aliphatic rings. The predicted octanol–water partition coefficient (Wildman–Crippen LogP) is 3.21. The third kappa shape index (κ3) is 4.36. The van der Waals surface area contributed by atoms with Gasteiger partial charge in [0.05, 0.1) is 0 Å². The second-order valence-electron chi connectivity index (χ2n) is 4.26. The molecule has 0 spiro atoms. The molecule has 0 heterocycles. The summed E-state index contributed by atoms with van der Waals surface area (Å²) in [4.78, 5) is 0. The highest BCUT2D eigenvalue weighted by atomic mass is 35.5. The molecule has 2 nitrogen and oxygen atoms in total. The van der Waals surface area contributed by atoms with Gasteiger partial charge < -0.3 is 10.1 Å². The first-order chi connectivity index (χ1) is 8.13. The molecule has 1 aromatic carbocycles. The van der Waals surface area contributed by atoms with Crippen molar-refractivity contribution in [2.75, 3.05) is 6.61 Å². The van der Waals surface area contributed by atoms with Gasteiger partial charge in [-0.2, -0.15) is 0 Å². The first kappa shape index (κ1) is 12.4. The van der Waals surface area contributed by atoms with Gasteiger partial charge in [-0.15, -0.1) is 0 Å². The van der Waals surface area contributed by atoms with Gasteiger partial charge in [-0.25, -0.2) is 4.39 Å². The summed E-state index contributed by atoms with van der Waals surface area (Å²) in [5.41, 5.74) is 0.882. The van der Waals surface area contributed by atoms with Crippen molar-refractivity contribution in [3.63, 3.8) is 0 Å². The number of halogens is 2. The minimum Gasteiger partial charge on any atom is -0.488 e. The first-order valence-electron chi connectivity index (χ1n) is 5.62. The molecule has 0 saturated heterocycles. The highest BCUT2D eigenvalue weighted by Gasteiger charge is 2.20. The van der Waals surface area contributed by atoms with E-state index in [1.54, 1.807) is 0 Å². The minimum absolute atomic E-state index is 0.195. The van der Waals surface area contributed by atoms with Gasteiger partial charge in [0.25, 0.3) is 0 Å². The maximum absolute atomic E-state index is 13.3. The minimum atomic E-state index is -0.296. The van der Waals surface area contributed by atoms with Crippen LogP contribution >= 0.6 is 11.6 Å². The van der Waals surface area contributed by atoms with E-state index in [1.807, 2.05) is 6.07 Å². The molecule has 0 unspecified atom stereocenters. The molecule has 0 aromatic heterocycles. The van der Waals surface area contributed by atoms with E-state index in [0.717, 1.165) is 5.56 Å². The molecule has 0 radical (unpaired) electrons. The zero-order valence-corrected chi connectivity index (χ0v) is 10.3. The monoisotopic (exact) mass is 255 g/mol. The molecular weight excluding hydrogens is 241 g/mol. The van der Waals surface area contributed by atoms with Crippen molar-refractivity contribution in [2.24, 2.45) is 0 Å². The topological polar surface area (TPSA) is 21.3 Å². The highest BCUT2D eigenvalue weighted by Crippen LogP contribution is 2.21. The molecule has 0 bridgehead atoms. The number of ether oxygens (including phenoxy) is 1. The zero-order chi connectivity index (χ0) is 12.3. The summed E-state index contributed by atoms with van der Waals surface area (Å²) in [6.07, 6.45) is 2.43. The fraction of sp³-hybridized carbons (Fsp3) is 0.385. The maximum atomic E-state index is 13.3. The van der Waals surface area contributed by atoms with Crippen LogP contribution in [-0.4, -0.2) is 12.6 Å². The molecule has 1 saturated carbocycles. The Bertz CT molecular complexity index is 418. The molecular formula is C13H15ClFNO. The van der Waals surface area contributed by atoms with Crippen molar-refractivity contribution in [3.05, 3.63) is 41.2 Å². The van der Waals surface area contributed by atoms with Crippen LogP contribution in [0.4, 0.5) is 4.39 Å². The lowest BCUT2D eigenvalue weighted by molar-refractivity contribution is 0.356. The quantitative estimate of drug-likeness (QED) is 0.843. The van der Waals surface area contributed by atoms with E-state index in [-0.39, 0.29) is 12.4 Å². The smallest absolute Gasteiger partial charge is 0.127 e. The summed E-state index contributed by atoms with van der Waals surface area (Å²) in [6, 6.07) is 5.28. The van der Waals surface area contributed by atoms with Crippen LogP contribution < -0.4 is 10.1 Å². The summed E-state index contributed by atoms with van der Waals surface area (Å²) in [7, 11) is 0. The van der Waals surface area contributed by atoms with Crippen molar-refractivity contribution in [1.82, 2.24) is 5.32 Å². The average molecular weight is 256 g/mol. The molecule has 4 heteroatoms. The molecule has 0 atom stereocenters. The van der Waals surface area contributed by atoms with E-state index in [9.17, 15) is 4.39 Å². The SMILES string of the molecule is C=C(Cl)COc1cc(F)cc(CNC2CC2)c1. The number of benzene rings is 1. The standard InChI is InChI=1S/C13H15ClFNO/c1-9(14)8-17-13-5-10(4-11(15)6-13)7-16-12-2-3-12/h4-6,12,16H,1-3,7-8H2. The predicted molar refractivity (Wildman–Crippen MR) is 66.7 cm³/mol. The molecule has 1 N–H and O–H groups in total. The molecule has 1 fully saturated rings. The maximum Gasteiger partial charge on any atom is 0.127 e. The van der Waals surface area contributed by atoms with Gasteiger partial charge in [-0.3, -0.25) is 0 Å². The molecule has 0 amide bonds. The lowest BCUT2D eigenvalue weighted by atomic mass is 10.2. The van der Waals surface area contributed by atoms with Crippen LogP contribution in [0.25, 0.3) is 0 Å². The van der Waals surface area contributed by atoms with Crippen LogP contribution in [0.5, 0.6) is 5.75 Å². The molecule has 17 heavy (non-hydrogen) atoms. The van der Waals surface area contributed by atoms with Crippen molar-refractivity contribution in [2.45, 2.75) is 25.4 Å². The Hall–Kier alpha value is -1.06. The lowest BCUT2D eigenvalue weighted by Gasteiger charge is -2.08. The van der Waals surface area contributed by atoms with E-state index in [4.69, 9.17) is 16.3 Å². The Labute approximate surface area is 105 Å². The molecule has 2 rings (SSSR count). The van der Waals surface area contributed by atoms with Gasteiger partial charge in [-0.1, -0.05) is 18.2 Å². The van der Waals surface area contributed by atoms with Crippen LogP contribution in [-0.2, 0) is 6.54 Å². The van der Waals surface area contributed by atoms with Crippen molar-refractivity contribution < 1.29 is 9.13 Å². The normalized spacial score (nSPS) is 14.7. The van der Waals surface area contributed by atoms with Gasteiger partial charge in [0.1, 0.15) is 18.2 Å². The molecule has 1 aromatic rings. The Balaban J connectivity index is 1.97. The Kier molecular flexibility index (Phi) is 4.02. The van der Waals surface area contributed by atoms with E-state index >= 15 is 0 Å². The summed E-state index contributed by atoms with van der Waals surface area (Å²) < 4.78 is 18.6. The summed E-state index contributed by atoms with van der Waals surface area (Å²) in [6.45, 7) is 4.38. The Morgan fingerprint density at radius 3 is 2.88 bits per heavy atom. The lowest BCUT2D eigenvalue weighted by Crippen LogP contribution is -2.15. The van der Waals surface area contributed by atoms with Gasteiger partial charge in [0.15, 0.2) is 0 Å². The summed E-state index contributed by atoms with van der Waals surface area (Å²) in [5, 5.41) is 3.72. The fourth-order valence-electron chi connectivity index (χ4n) is 1.52. The zero-order valence-electron chi connectivity index (χ0n) is 9.51. The van der Waals surface area contributed by atoms with Crippen LogP contribution in [0.15, 0.2) is 29.8 Å². The Morgan fingerprint density at radius 2 is 2.24 bits per heavy atom. The Morgan fingerprint density at radius 1 is 1.47 bits per heavy atom. The van der Waals surface area contributed by atoms with Gasteiger partial charge >= 0.3 is 0 Å². The van der Waals surface area contributed by atoms with E-state index < -0.39 is 0 Å². The third-order valence-electron chi connectivity index (χ3n) is 2.50. The molecule has 92 valence electrons. The number of rotatable bonds is 6. The molecule has 0 aliphatic heterocycles. The molecule has 1 aliphatic carbocycles. The fourth-order valence-corrected chi connectivity index (χ4v) is 1.57. The van der Waals surface area contributed by atoms with E-state index in [2.05, 4.69) is 11.9 Å². The average Bonchev–Trinajstić information content (AvgIpc) is 3.07. The van der Waals surface area contributed by atoms with Gasteiger partial charge in [0.2, 0.25) is 0 Å². The second-order valence-corrected chi connectivity index (χ2v) is 4.79. The van der Waals surface area contributed by atoms with Crippen LogP contribution in [0.2, 0.25) is 0 Å². The van der Waals surface area contributed by atoms with Crippen LogP contribution in [0.3, 0.4) is 0 Å². The van der Waals surface area contributed by atoms with Crippen molar-refractivity contribution in [3.8, 4) is 5.75 Å². The number of nitrogens with one attached hydrogen (secondary N) is 1. The van der Waals surface area contributed by atoms with Gasteiger partial charge in [-0.05, 0) is 30.5 Å².